The maximum Gasteiger partial charge on any atom is 0.0807 e. The molecule has 1 heteroatoms. The summed E-state index contributed by atoms with van der Waals surface area (Å²) in [7, 11) is 0. The average molecular weight is 140 g/mol. The number of aliphatic hydroxyl groups is 1. The lowest BCUT2D eigenvalue weighted by Crippen LogP contribution is -2.16. The highest BCUT2D eigenvalue weighted by molar-refractivity contribution is 5.06. The van der Waals surface area contributed by atoms with Gasteiger partial charge >= 0.3 is 0 Å². The van der Waals surface area contributed by atoms with Crippen molar-refractivity contribution in [3.63, 3.8) is 0 Å². The van der Waals surface area contributed by atoms with Crippen LogP contribution in [0.4, 0.5) is 0 Å². The average Bonchev–Trinajstić information content (AvgIpc) is 2.00. The van der Waals surface area contributed by atoms with Gasteiger partial charge in [-0.05, 0) is 19.4 Å². The Kier molecular flexibility index (Phi) is 4.05. The number of allylic oxidation sites excluding steroid dienone is 1. The first-order valence-electron chi connectivity index (χ1n) is 3.57. The number of aliphatic hydroxyl groups excluding tert-OH is 1. The van der Waals surface area contributed by atoms with Crippen LogP contribution in [0.2, 0.25) is 0 Å². The summed E-state index contributed by atoms with van der Waals surface area (Å²) in [6.07, 6.45) is 3.32. The monoisotopic (exact) mass is 140 g/mol. The molecule has 0 rings (SSSR count). The van der Waals surface area contributed by atoms with Gasteiger partial charge in [0.2, 0.25) is 0 Å². The van der Waals surface area contributed by atoms with Crippen molar-refractivity contribution in [1.82, 2.24) is 0 Å². The Balaban J connectivity index is 4.06. The molecule has 0 saturated heterocycles. The van der Waals surface area contributed by atoms with E-state index in [1.807, 2.05) is 26.8 Å². The molecule has 0 spiro atoms. The van der Waals surface area contributed by atoms with E-state index in [1.54, 1.807) is 6.08 Å². The Morgan fingerprint density at radius 2 is 2.10 bits per heavy atom. The molecule has 0 aromatic rings. The minimum absolute atomic E-state index is 0.149. The molecule has 0 bridgehead atoms. The molecule has 1 nitrogen and oxygen atoms in total. The topological polar surface area (TPSA) is 20.2 Å². The number of hydrogen-bond donors (Lipinski definition) is 1. The lowest BCUT2D eigenvalue weighted by Gasteiger charge is -2.14. The zero-order chi connectivity index (χ0) is 8.15. The van der Waals surface area contributed by atoms with Crippen LogP contribution in [0.1, 0.15) is 20.8 Å². The minimum Gasteiger partial charge on any atom is -0.388 e. The summed E-state index contributed by atoms with van der Waals surface area (Å²) >= 11 is 0. The van der Waals surface area contributed by atoms with Gasteiger partial charge in [-0.2, -0.15) is 0 Å². The highest BCUT2D eigenvalue weighted by atomic mass is 16.3. The van der Waals surface area contributed by atoms with Crippen molar-refractivity contribution in [2.45, 2.75) is 26.9 Å². The van der Waals surface area contributed by atoms with Gasteiger partial charge in [0.1, 0.15) is 0 Å². The third kappa shape index (κ3) is 2.36. The van der Waals surface area contributed by atoms with E-state index < -0.39 is 0 Å². The van der Waals surface area contributed by atoms with Gasteiger partial charge in [-0.1, -0.05) is 19.1 Å². The predicted octanol–water partition coefficient (Wildman–Crippen LogP) is 2.14. The van der Waals surface area contributed by atoms with Crippen molar-refractivity contribution >= 4 is 0 Å². The SMILES string of the molecule is C=C[C@H](C)[C@H](O)/C(C)=C/C. The van der Waals surface area contributed by atoms with E-state index >= 15 is 0 Å². The lowest BCUT2D eigenvalue weighted by molar-refractivity contribution is 0.173. The first-order chi connectivity index (χ1) is 4.63. The largest absolute Gasteiger partial charge is 0.388 e. The van der Waals surface area contributed by atoms with Crippen LogP contribution in [0.5, 0.6) is 0 Å². The second-order valence-corrected chi connectivity index (χ2v) is 2.57. The van der Waals surface area contributed by atoms with Crippen LogP contribution < -0.4 is 0 Å². The van der Waals surface area contributed by atoms with Gasteiger partial charge in [0.25, 0.3) is 0 Å². The first-order valence-corrected chi connectivity index (χ1v) is 3.57. The van der Waals surface area contributed by atoms with Crippen LogP contribution in [0.15, 0.2) is 24.3 Å². The molecule has 58 valence electrons. The zero-order valence-corrected chi connectivity index (χ0v) is 6.96. The van der Waals surface area contributed by atoms with Crippen molar-refractivity contribution < 1.29 is 5.11 Å². The van der Waals surface area contributed by atoms with Crippen LogP contribution in [0.25, 0.3) is 0 Å². The van der Waals surface area contributed by atoms with Crippen LogP contribution in [-0.4, -0.2) is 11.2 Å². The Hall–Kier alpha value is -0.560. The number of rotatable bonds is 3. The molecule has 0 heterocycles. The van der Waals surface area contributed by atoms with E-state index in [2.05, 4.69) is 6.58 Å². The van der Waals surface area contributed by atoms with Crippen LogP contribution in [-0.2, 0) is 0 Å². The van der Waals surface area contributed by atoms with Crippen molar-refractivity contribution in [3.05, 3.63) is 24.3 Å². The van der Waals surface area contributed by atoms with Crippen LogP contribution in [0.3, 0.4) is 0 Å². The number of hydrogen-bond acceptors (Lipinski definition) is 1. The summed E-state index contributed by atoms with van der Waals surface area (Å²) in [4.78, 5) is 0. The van der Waals surface area contributed by atoms with E-state index in [1.165, 1.54) is 0 Å². The molecule has 0 amide bonds. The molecular weight excluding hydrogens is 124 g/mol. The fourth-order valence-corrected chi connectivity index (χ4v) is 0.714. The Morgan fingerprint density at radius 3 is 2.40 bits per heavy atom. The molecule has 0 aromatic heterocycles. The summed E-state index contributed by atoms with van der Waals surface area (Å²) in [5.41, 5.74) is 1.01. The van der Waals surface area contributed by atoms with Gasteiger partial charge in [0.05, 0.1) is 6.10 Å². The van der Waals surface area contributed by atoms with Gasteiger partial charge in [-0.3, -0.25) is 0 Å². The Labute approximate surface area is 63.1 Å². The Morgan fingerprint density at radius 1 is 1.60 bits per heavy atom. The smallest absolute Gasteiger partial charge is 0.0807 e. The van der Waals surface area contributed by atoms with Crippen molar-refractivity contribution in [2.24, 2.45) is 5.92 Å². The normalized spacial score (nSPS) is 18.2. The Bertz CT molecular complexity index is 136. The van der Waals surface area contributed by atoms with E-state index in [4.69, 9.17) is 0 Å². The van der Waals surface area contributed by atoms with Crippen molar-refractivity contribution in [3.8, 4) is 0 Å². The standard InChI is InChI=1S/C9H16O/c1-5-7(3)9(10)8(4)6-2/h5-7,9-10H,1H2,2-4H3/b8-6+/t7-,9-/m0/s1. The van der Waals surface area contributed by atoms with E-state index in [0.717, 1.165) is 5.57 Å². The van der Waals surface area contributed by atoms with Crippen LogP contribution in [0, 0.1) is 5.92 Å². The van der Waals surface area contributed by atoms with Crippen LogP contribution >= 0.6 is 0 Å². The first kappa shape index (κ1) is 9.44. The van der Waals surface area contributed by atoms with E-state index in [0.29, 0.717) is 0 Å². The van der Waals surface area contributed by atoms with Gasteiger partial charge in [-0.15, -0.1) is 6.58 Å². The maximum absolute atomic E-state index is 9.45. The second-order valence-electron chi connectivity index (χ2n) is 2.57. The fraction of sp³-hybridized carbons (Fsp3) is 0.556. The highest BCUT2D eigenvalue weighted by Gasteiger charge is 2.10. The minimum atomic E-state index is -0.359. The fourth-order valence-electron chi connectivity index (χ4n) is 0.714. The summed E-state index contributed by atoms with van der Waals surface area (Å²) in [6.45, 7) is 9.41. The summed E-state index contributed by atoms with van der Waals surface area (Å²) in [5, 5.41) is 9.45. The molecule has 0 unspecified atom stereocenters. The molecule has 1 N–H and O–H groups in total. The van der Waals surface area contributed by atoms with Crippen molar-refractivity contribution in [1.29, 1.82) is 0 Å². The third-order valence-electron chi connectivity index (χ3n) is 1.79. The lowest BCUT2D eigenvalue weighted by atomic mass is 9.99. The highest BCUT2D eigenvalue weighted by Crippen LogP contribution is 2.11. The maximum atomic E-state index is 9.45. The molecule has 10 heavy (non-hydrogen) atoms. The molecule has 0 aromatic carbocycles. The molecule has 0 saturated carbocycles. The zero-order valence-electron chi connectivity index (χ0n) is 6.96. The van der Waals surface area contributed by atoms with Gasteiger partial charge in [-0.25, -0.2) is 0 Å². The van der Waals surface area contributed by atoms with E-state index in [-0.39, 0.29) is 12.0 Å². The molecule has 0 aliphatic rings. The summed E-state index contributed by atoms with van der Waals surface area (Å²) in [5.74, 6) is 0.149. The van der Waals surface area contributed by atoms with Gasteiger partial charge in [0.15, 0.2) is 0 Å². The molecule has 0 fully saturated rings. The molecule has 0 radical (unpaired) electrons. The van der Waals surface area contributed by atoms with E-state index in [9.17, 15) is 5.11 Å². The summed E-state index contributed by atoms with van der Waals surface area (Å²) in [6, 6.07) is 0. The molecule has 2 atom stereocenters. The predicted molar refractivity (Wildman–Crippen MR) is 44.8 cm³/mol. The van der Waals surface area contributed by atoms with Crippen molar-refractivity contribution in [2.75, 3.05) is 0 Å². The summed E-state index contributed by atoms with van der Waals surface area (Å²) < 4.78 is 0. The molecular formula is C9H16O. The molecule has 0 aliphatic heterocycles. The van der Waals surface area contributed by atoms with Gasteiger partial charge < -0.3 is 5.11 Å². The third-order valence-corrected chi connectivity index (χ3v) is 1.79. The van der Waals surface area contributed by atoms with Gasteiger partial charge in [0, 0.05) is 5.92 Å². The molecule has 0 aliphatic carbocycles. The quantitative estimate of drug-likeness (QED) is 0.595. The second kappa shape index (κ2) is 4.29.